The molecule has 0 radical (unpaired) electrons. The van der Waals surface area contributed by atoms with E-state index in [4.69, 9.17) is 11.5 Å². The van der Waals surface area contributed by atoms with Gasteiger partial charge in [-0.15, -0.1) is 0 Å². The van der Waals surface area contributed by atoms with E-state index in [1.54, 1.807) is 6.07 Å². The normalized spacial score (nSPS) is 31.5. The molecule has 1 aromatic rings. The van der Waals surface area contributed by atoms with Crippen molar-refractivity contribution >= 4 is 28.9 Å². The second-order valence-corrected chi connectivity index (χ2v) is 9.23. The van der Waals surface area contributed by atoms with Crippen molar-refractivity contribution in [2.24, 2.45) is 23.3 Å². The van der Waals surface area contributed by atoms with Crippen LogP contribution in [0.15, 0.2) is 29.0 Å². The van der Waals surface area contributed by atoms with Crippen LogP contribution in [0.1, 0.15) is 30.4 Å². The molecular formula is C23H25N3O7. The van der Waals surface area contributed by atoms with Gasteiger partial charge in [0, 0.05) is 30.3 Å². The Hall–Kier alpha value is -3.37. The standard InChI is InChI=1S/C23H25N3O7/c24-17-11-8-9-7-10-12(26-5-1-2-6-26)3-4-13(27)15(10)18(28)14(9)20(30)23(11,33)21(31)16(19(17)29)22(25)32/h3-4,9,11,17,27-28,31,33H,1-2,5-8,24H2,(H2,25,32). The number of fused-ring (bicyclic) bond motifs is 3. The minimum absolute atomic E-state index is 0.000815. The van der Waals surface area contributed by atoms with Gasteiger partial charge in [0.15, 0.2) is 11.4 Å². The number of benzene rings is 1. The summed E-state index contributed by atoms with van der Waals surface area (Å²) in [6.45, 7) is 1.66. The van der Waals surface area contributed by atoms with Crippen molar-refractivity contribution < 1.29 is 34.8 Å². The summed E-state index contributed by atoms with van der Waals surface area (Å²) >= 11 is 0. The van der Waals surface area contributed by atoms with E-state index in [1.165, 1.54) is 6.07 Å². The van der Waals surface area contributed by atoms with E-state index in [2.05, 4.69) is 4.90 Å². The molecule has 0 spiro atoms. The molecule has 1 amide bonds. The molecule has 2 fully saturated rings. The highest BCUT2D eigenvalue weighted by atomic mass is 16.3. The van der Waals surface area contributed by atoms with Gasteiger partial charge in [0.1, 0.15) is 22.8 Å². The van der Waals surface area contributed by atoms with Crippen molar-refractivity contribution in [3.63, 3.8) is 0 Å². The minimum atomic E-state index is -2.68. The predicted octanol–water partition coefficient (Wildman–Crippen LogP) is -0.0387. The van der Waals surface area contributed by atoms with Crippen molar-refractivity contribution in [1.82, 2.24) is 0 Å². The summed E-state index contributed by atoms with van der Waals surface area (Å²) in [6, 6.07) is 1.79. The molecule has 1 saturated heterocycles. The van der Waals surface area contributed by atoms with Crippen molar-refractivity contribution in [1.29, 1.82) is 0 Å². The first-order valence-corrected chi connectivity index (χ1v) is 10.9. The third kappa shape index (κ3) is 2.71. The Bertz CT molecular complexity index is 1180. The number of hydrogen-bond acceptors (Lipinski definition) is 9. The van der Waals surface area contributed by atoms with Crippen molar-refractivity contribution in [3.8, 4) is 5.75 Å². The number of nitrogens with two attached hydrogens (primary N) is 2. The highest BCUT2D eigenvalue weighted by Gasteiger charge is 2.63. The Morgan fingerprint density at radius 2 is 1.79 bits per heavy atom. The first-order chi connectivity index (χ1) is 15.6. The number of rotatable bonds is 2. The fraction of sp³-hybridized carbons (Fsp3) is 0.435. The second-order valence-electron chi connectivity index (χ2n) is 9.23. The summed E-state index contributed by atoms with van der Waals surface area (Å²) in [5, 5.41) is 43.6. The summed E-state index contributed by atoms with van der Waals surface area (Å²) in [5.41, 5.74) is 9.10. The molecule has 1 aliphatic heterocycles. The molecule has 4 atom stereocenters. The lowest BCUT2D eigenvalue weighted by Gasteiger charge is -2.48. The van der Waals surface area contributed by atoms with Crippen LogP contribution in [0.25, 0.3) is 5.76 Å². The lowest BCUT2D eigenvalue weighted by Crippen LogP contribution is -2.65. The number of aromatic hydroxyl groups is 1. The van der Waals surface area contributed by atoms with Crippen LogP contribution in [-0.2, 0) is 20.8 Å². The van der Waals surface area contributed by atoms with Crippen molar-refractivity contribution in [2.75, 3.05) is 18.0 Å². The summed E-state index contributed by atoms with van der Waals surface area (Å²) in [7, 11) is 0. The van der Waals surface area contributed by atoms with Gasteiger partial charge in [0.2, 0.25) is 5.78 Å². The summed E-state index contributed by atoms with van der Waals surface area (Å²) in [4.78, 5) is 40.1. The molecule has 10 heteroatoms. The Morgan fingerprint density at radius 3 is 2.42 bits per heavy atom. The van der Waals surface area contributed by atoms with Crippen LogP contribution in [0.3, 0.4) is 0 Å². The van der Waals surface area contributed by atoms with Crippen LogP contribution < -0.4 is 16.4 Å². The molecular weight excluding hydrogens is 430 g/mol. The maximum Gasteiger partial charge on any atom is 0.255 e. The van der Waals surface area contributed by atoms with Crippen LogP contribution in [-0.4, -0.2) is 62.6 Å². The molecule has 174 valence electrons. The zero-order valence-corrected chi connectivity index (χ0v) is 17.7. The molecule has 0 aromatic heterocycles. The molecule has 4 unspecified atom stereocenters. The maximum atomic E-state index is 13.5. The van der Waals surface area contributed by atoms with Crippen molar-refractivity contribution in [2.45, 2.75) is 37.3 Å². The number of primary amides is 1. The average Bonchev–Trinajstić information content (AvgIpc) is 3.29. The van der Waals surface area contributed by atoms with Gasteiger partial charge >= 0.3 is 0 Å². The number of carbonyl (C=O) groups excluding carboxylic acids is 3. The smallest absolute Gasteiger partial charge is 0.255 e. The topological polar surface area (TPSA) is 187 Å². The molecule has 1 aromatic carbocycles. The number of aliphatic hydroxyl groups excluding tert-OH is 2. The van der Waals surface area contributed by atoms with Gasteiger partial charge in [0.05, 0.1) is 11.6 Å². The highest BCUT2D eigenvalue weighted by molar-refractivity contribution is 6.24. The van der Waals surface area contributed by atoms with E-state index in [-0.39, 0.29) is 29.7 Å². The van der Waals surface area contributed by atoms with Gasteiger partial charge in [0.25, 0.3) is 5.91 Å². The van der Waals surface area contributed by atoms with E-state index >= 15 is 0 Å². The van der Waals surface area contributed by atoms with Gasteiger partial charge in [-0.2, -0.15) is 0 Å². The first kappa shape index (κ1) is 21.5. The van der Waals surface area contributed by atoms with Crippen LogP contribution in [0.2, 0.25) is 0 Å². The second kappa shape index (κ2) is 7.06. The number of phenolic OH excluding ortho intramolecular Hbond substituents is 1. The minimum Gasteiger partial charge on any atom is -0.508 e. The zero-order chi connectivity index (χ0) is 23.8. The quantitative estimate of drug-likeness (QED) is 0.333. The molecule has 5 rings (SSSR count). The Kier molecular flexibility index (Phi) is 4.60. The van der Waals surface area contributed by atoms with Gasteiger partial charge in [-0.25, -0.2) is 0 Å². The number of hydrogen-bond donors (Lipinski definition) is 6. The van der Waals surface area contributed by atoms with E-state index in [0.717, 1.165) is 31.6 Å². The van der Waals surface area contributed by atoms with E-state index < -0.39 is 58.0 Å². The number of ketones is 2. The summed E-state index contributed by atoms with van der Waals surface area (Å²) < 4.78 is 0. The number of phenols is 1. The summed E-state index contributed by atoms with van der Waals surface area (Å²) in [6.07, 6.45) is 2.30. The monoisotopic (exact) mass is 455 g/mol. The lowest BCUT2D eigenvalue weighted by molar-refractivity contribution is -0.149. The lowest BCUT2D eigenvalue weighted by atomic mass is 9.58. The molecule has 1 saturated carbocycles. The molecule has 33 heavy (non-hydrogen) atoms. The fourth-order valence-corrected chi connectivity index (χ4v) is 5.96. The SMILES string of the molecule is NC(=O)C1=C(O)C2(O)C(=O)C3=C(O)c4c(O)ccc(N5CCCC5)c4CC3CC2C(N)C1=O. The fourth-order valence-electron chi connectivity index (χ4n) is 5.96. The third-order valence-electron chi connectivity index (χ3n) is 7.56. The highest BCUT2D eigenvalue weighted by Crippen LogP contribution is 2.53. The molecule has 1 heterocycles. The number of amides is 1. The number of Topliss-reactive ketones (excluding diaryl/α,β-unsaturated/α-hetero) is 2. The number of anilines is 1. The number of nitrogens with zero attached hydrogens (tertiary/aromatic N) is 1. The van der Waals surface area contributed by atoms with E-state index in [9.17, 15) is 34.8 Å². The van der Waals surface area contributed by atoms with E-state index in [1.807, 2.05) is 0 Å². The molecule has 4 aliphatic rings. The Balaban J connectivity index is 1.70. The molecule has 0 bridgehead atoms. The van der Waals surface area contributed by atoms with Crippen LogP contribution in [0.4, 0.5) is 5.69 Å². The molecule has 8 N–H and O–H groups in total. The van der Waals surface area contributed by atoms with E-state index in [0.29, 0.717) is 5.56 Å². The van der Waals surface area contributed by atoms with Crippen molar-refractivity contribution in [3.05, 3.63) is 40.2 Å². The number of carbonyl (C=O) groups is 3. The average molecular weight is 455 g/mol. The van der Waals surface area contributed by atoms with Crippen LogP contribution in [0.5, 0.6) is 5.75 Å². The molecule has 3 aliphatic carbocycles. The third-order valence-corrected chi connectivity index (χ3v) is 7.56. The predicted molar refractivity (Wildman–Crippen MR) is 116 cm³/mol. The Morgan fingerprint density at radius 1 is 1.12 bits per heavy atom. The first-order valence-electron chi connectivity index (χ1n) is 10.9. The number of aliphatic hydroxyl groups is 3. The largest absolute Gasteiger partial charge is 0.508 e. The van der Waals surface area contributed by atoms with Crippen LogP contribution in [0, 0.1) is 11.8 Å². The molecule has 10 nitrogen and oxygen atoms in total. The zero-order valence-electron chi connectivity index (χ0n) is 17.7. The van der Waals surface area contributed by atoms with Crippen LogP contribution >= 0.6 is 0 Å². The van der Waals surface area contributed by atoms with Gasteiger partial charge < -0.3 is 36.8 Å². The van der Waals surface area contributed by atoms with Gasteiger partial charge in [-0.3, -0.25) is 14.4 Å². The Labute approximate surface area is 188 Å². The van der Waals surface area contributed by atoms with Gasteiger partial charge in [-0.1, -0.05) is 0 Å². The van der Waals surface area contributed by atoms with Gasteiger partial charge in [-0.05, 0) is 49.3 Å². The maximum absolute atomic E-state index is 13.5. The summed E-state index contributed by atoms with van der Waals surface area (Å²) in [5.74, 6) is -6.98.